The molecule has 1 saturated heterocycles. The van der Waals surface area contributed by atoms with E-state index < -0.39 is 0 Å². The van der Waals surface area contributed by atoms with Crippen LogP contribution in [0.5, 0.6) is 11.5 Å². The molecule has 1 fully saturated rings. The number of aryl methyl sites for hydroxylation is 1. The van der Waals surface area contributed by atoms with Gasteiger partial charge in [0.05, 0.1) is 5.56 Å². The molecule has 0 spiro atoms. The van der Waals surface area contributed by atoms with Crippen molar-refractivity contribution in [1.29, 1.82) is 0 Å². The Morgan fingerprint density at radius 3 is 2.54 bits per heavy atom. The predicted molar refractivity (Wildman–Crippen MR) is 141 cm³/mol. The Balaban J connectivity index is 1.34. The normalized spacial score (nSPS) is 15.4. The fraction of sp³-hybridized carbons (Fsp3) is 0.310. The Morgan fingerprint density at radius 2 is 1.74 bits per heavy atom. The fourth-order valence-electron chi connectivity index (χ4n) is 4.56. The molecule has 3 aromatic carbocycles. The average molecular weight is 469 g/mol. The van der Waals surface area contributed by atoms with Crippen LogP contribution in [-0.2, 0) is 0 Å². The first-order chi connectivity index (χ1) is 17.0. The summed E-state index contributed by atoms with van der Waals surface area (Å²) in [5.74, 6) is 2.93. The molecule has 0 aromatic heterocycles. The van der Waals surface area contributed by atoms with E-state index in [1.807, 2.05) is 47.4 Å². The SMILES string of the molecule is Cc1ccc2c(c1)C(N1CCCN(C(=O)Nc3ccc(C(C)C)cc3)CC1)=Nc1ccccc1O2. The molecule has 6 nitrogen and oxygen atoms in total. The lowest BCUT2D eigenvalue weighted by atomic mass is 10.0. The van der Waals surface area contributed by atoms with Crippen LogP contribution in [0, 0.1) is 6.92 Å². The summed E-state index contributed by atoms with van der Waals surface area (Å²) in [5.41, 5.74) is 5.06. The first kappa shape index (κ1) is 23.0. The number of aliphatic imine (C=N–C) groups is 1. The lowest BCUT2D eigenvalue weighted by Crippen LogP contribution is -2.39. The van der Waals surface area contributed by atoms with Crippen LogP contribution < -0.4 is 10.1 Å². The molecule has 2 amide bonds. The molecule has 0 unspecified atom stereocenters. The molecule has 6 heteroatoms. The lowest BCUT2D eigenvalue weighted by molar-refractivity contribution is 0.214. The van der Waals surface area contributed by atoms with E-state index in [0.29, 0.717) is 25.6 Å². The molecule has 0 radical (unpaired) electrons. The van der Waals surface area contributed by atoms with Crippen molar-refractivity contribution in [1.82, 2.24) is 9.80 Å². The largest absolute Gasteiger partial charge is 0.454 e. The van der Waals surface area contributed by atoms with E-state index in [2.05, 4.69) is 55.3 Å². The summed E-state index contributed by atoms with van der Waals surface area (Å²) in [6.07, 6.45) is 0.863. The number of rotatable bonds is 2. The number of nitrogens with one attached hydrogen (secondary N) is 1. The first-order valence-corrected chi connectivity index (χ1v) is 12.4. The van der Waals surface area contributed by atoms with Crippen molar-refractivity contribution in [2.75, 3.05) is 31.5 Å². The minimum atomic E-state index is -0.0584. The van der Waals surface area contributed by atoms with Gasteiger partial charge in [-0.1, -0.05) is 49.7 Å². The Labute approximate surface area is 207 Å². The van der Waals surface area contributed by atoms with Crippen molar-refractivity contribution in [3.63, 3.8) is 0 Å². The van der Waals surface area contributed by atoms with E-state index in [4.69, 9.17) is 9.73 Å². The topological polar surface area (TPSA) is 57.2 Å². The molecule has 3 aromatic rings. The second-order valence-corrected chi connectivity index (χ2v) is 9.54. The van der Waals surface area contributed by atoms with Gasteiger partial charge in [0.15, 0.2) is 5.75 Å². The van der Waals surface area contributed by atoms with Crippen molar-refractivity contribution in [2.24, 2.45) is 4.99 Å². The summed E-state index contributed by atoms with van der Waals surface area (Å²) in [7, 11) is 0. The van der Waals surface area contributed by atoms with Gasteiger partial charge in [-0.25, -0.2) is 9.79 Å². The number of para-hydroxylation sites is 2. The van der Waals surface area contributed by atoms with Gasteiger partial charge in [-0.3, -0.25) is 0 Å². The number of ether oxygens (including phenoxy) is 1. The van der Waals surface area contributed by atoms with Gasteiger partial charge in [0, 0.05) is 31.9 Å². The van der Waals surface area contributed by atoms with Crippen LogP contribution in [0.1, 0.15) is 42.9 Å². The van der Waals surface area contributed by atoms with Gasteiger partial charge < -0.3 is 19.9 Å². The second kappa shape index (κ2) is 9.82. The minimum Gasteiger partial charge on any atom is -0.454 e. The van der Waals surface area contributed by atoms with Gasteiger partial charge in [-0.2, -0.15) is 0 Å². The zero-order valence-electron chi connectivity index (χ0n) is 20.6. The highest BCUT2D eigenvalue weighted by Crippen LogP contribution is 2.38. The molecular formula is C29H32N4O2. The number of hydrogen-bond acceptors (Lipinski definition) is 4. The van der Waals surface area contributed by atoms with E-state index in [-0.39, 0.29) is 6.03 Å². The summed E-state index contributed by atoms with van der Waals surface area (Å²) in [6, 6.07) is 22.2. The molecule has 2 aliphatic heterocycles. The molecule has 35 heavy (non-hydrogen) atoms. The van der Waals surface area contributed by atoms with Gasteiger partial charge in [-0.05, 0) is 61.2 Å². The van der Waals surface area contributed by atoms with Crippen LogP contribution in [0.2, 0.25) is 0 Å². The summed E-state index contributed by atoms with van der Waals surface area (Å²) >= 11 is 0. The third-order valence-electron chi connectivity index (χ3n) is 6.60. The lowest BCUT2D eigenvalue weighted by Gasteiger charge is -2.25. The highest BCUT2D eigenvalue weighted by atomic mass is 16.5. The van der Waals surface area contributed by atoms with E-state index in [1.165, 1.54) is 5.56 Å². The Kier molecular flexibility index (Phi) is 6.45. The first-order valence-electron chi connectivity index (χ1n) is 12.4. The molecule has 2 aliphatic rings. The van der Waals surface area contributed by atoms with Crippen molar-refractivity contribution in [2.45, 2.75) is 33.1 Å². The van der Waals surface area contributed by atoms with Crippen LogP contribution >= 0.6 is 0 Å². The Morgan fingerprint density at radius 1 is 0.943 bits per heavy atom. The van der Waals surface area contributed by atoms with Gasteiger partial charge in [0.25, 0.3) is 0 Å². The maximum atomic E-state index is 13.0. The number of carbonyl (C=O) groups is 1. The highest BCUT2D eigenvalue weighted by molar-refractivity contribution is 6.04. The summed E-state index contributed by atoms with van der Waals surface area (Å²) in [5, 5.41) is 3.06. The zero-order chi connectivity index (χ0) is 24.4. The molecular weight excluding hydrogens is 436 g/mol. The maximum Gasteiger partial charge on any atom is 0.321 e. The van der Waals surface area contributed by atoms with Gasteiger partial charge in [0.1, 0.15) is 17.3 Å². The monoisotopic (exact) mass is 468 g/mol. The van der Waals surface area contributed by atoms with Crippen LogP contribution in [0.4, 0.5) is 16.2 Å². The van der Waals surface area contributed by atoms with Crippen LogP contribution in [0.25, 0.3) is 0 Å². The number of fused-ring (bicyclic) bond motifs is 2. The second-order valence-electron chi connectivity index (χ2n) is 9.54. The molecule has 180 valence electrons. The molecule has 0 saturated carbocycles. The van der Waals surface area contributed by atoms with Gasteiger partial charge >= 0.3 is 6.03 Å². The molecule has 0 atom stereocenters. The molecule has 1 N–H and O–H groups in total. The number of carbonyl (C=O) groups excluding carboxylic acids is 1. The third-order valence-corrected chi connectivity index (χ3v) is 6.60. The smallest absolute Gasteiger partial charge is 0.321 e. The quantitative estimate of drug-likeness (QED) is 0.464. The Bertz CT molecular complexity index is 1250. The number of benzene rings is 3. The van der Waals surface area contributed by atoms with Gasteiger partial charge in [-0.15, -0.1) is 0 Å². The highest BCUT2D eigenvalue weighted by Gasteiger charge is 2.26. The van der Waals surface area contributed by atoms with E-state index in [0.717, 1.165) is 52.8 Å². The van der Waals surface area contributed by atoms with Crippen molar-refractivity contribution in [3.8, 4) is 11.5 Å². The van der Waals surface area contributed by atoms with Crippen LogP contribution in [-0.4, -0.2) is 47.8 Å². The average Bonchev–Trinajstić information content (AvgIpc) is 3.19. The van der Waals surface area contributed by atoms with E-state index in [9.17, 15) is 4.79 Å². The van der Waals surface area contributed by atoms with E-state index >= 15 is 0 Å². The molecule has 0 aliphatic carbocycles. The number of nitrogens with zero attached hydrogens (tertiary/aromatic N) is 3. The van der Waals surface area contributed by atoms with Crippen molar-refractivity contribution >= 4 is 23.2 Å². The van der Waals surface area contributed by atoms with E-state index in [1.54, 1.807) is 0 Å². The predicted octanol–water partition coefficient (Wildman–Crippen LogP) is 6.54. The van der Waals surface area contributed by atoms with Gasteiger partial charge in [0.2, 0.25) is 0 Å². The summed E-state index contributed by atoms with van der Waals surface area (Å²) < 4.78 is 6.24. The molecule has 2 heterocycles. The number of amidine groups is 1. The van der Waals surface area contributed by atoms with Crippen molar-refractivity contribution < 1.29 is 9.53 Å². The maximum absolute atomic E-state index is 13.0. The standard InChI is InChI=1S/C29H32N4O2/c1-20(2)22-10-12-23(13-11-22)30-29(34)33-16-6-15-32(17-18-33)28-24-19-21(3)9-14-26(24)35-27-8-5-4-7-25(27)31-28/h4-5,7-14,19-20H,6,15-18H2,1-3H3,(H,30,34). The Hall–Kier alpha value is -3.80. The molecule has 5 rings (SSSR count). The summed E-state index contributed by atoms with van der Waals surface area (Å²) in [6.45, 7) is 9.26. The number of urea groups is 1. The zero-order valence-corrected chi connectivity index (χ0v) is 20.6. The minimum absolute atomic E-state index is 0.0584. The van der Waals surface area contributed by atoms with Crippen molar-refractivity contribution in [3.05, 3.63) is 83.4 Å². The van der Waals surface area contributed by atoms with Crippen LogP contribution in [0.15, 0.2) is 71.7 Å². The molecule has 0 bridgehead atoms. The fourth-order valence-corrected chi connectivity index (χ4v) is 4.56. The number of anilines is 1. The number of amides is 2. The van der Waals surface area contributed by atoms with Crippen LogP contribution in [0.3, 0.4) is 0 Å². The summed E-state index contributed by atoms with van der Waals surface area (Å²) in [4.78, 5) is 22.3. The third kappa shape index (κ3) is 5.02. The number of hydrogen-bond donors (Lipinski definition) is 1.